The quantitative estimate of drug-likeness (QED) is 0.0751. The third-order valence-electron chi connectivity index (χ3n) is 5.45. The zero-order valence-electron chi connectivity index (χ0n) is 19.6. The Balaban J connectivity index is 2.85. The highest BCUT2D eigenvalue weighted by atomic mass is 32.2. The number of amides is 3. The second-order valence-electron chi connectivity index (χ2n) is 8.15. The Morgan fingerprint density at radius 3 is 2.41 bits per heavy atom. The number of nitrogens with zero attached hydrogens (tertiary/aromatic N) is 2. The Hall–Kier alpha value is -2.58. The zero-order chi connectivity index (χ0) is 25.8. The fourth-order valence-corrected chi connectivity index (χ4v) is 3.98. The molecule has 3 amide bonds. The van der Waals surface area contributed by atoms with Crippen molar-refractivity contribution in [2.45, 2.75) is 69.3 Å². The van der Waals surface area contributed by atoms with E-state index in [1.807, 2.05) is 6.26 Å². The molecule has 14 heteroatoms. The fourth-order valence-electron chi connectivity index (χ4n) is 3.51. The minimum atomic E-state index is -1.22. The smallest absolute Gasteiger partial charge is 0.326 e. The lowest BCUT2D eigenvalue weighted by Crippen LogP contribution is -2.57. The number of hydrogen-bond donors (Lipinski definition) is 7. The molecule has 0 aliphatic carbocycles. The van der Waals surface area contributed by atoms with Crippen molar-refractivity contribution < 1.29 is 29.4 Å². The first kappa shape index (κ1) is 29.5. The van der Waals surface area contributed by atoms with Crippen LogP contribution in [-0.4, -0.2) is 100 Å². The molecule has 1 aliphatic rings. The van der Waals surface area contributed by atoms with E-state index in [-0.39, 0.29) is 25.3 Å². The van der Waals surface area contributed by atoms with Crippen LogP contribution in [0.2, 0.25) is 0 Å². The summed E-state index contributed by atoms with van der Waals surface area (Å²) in [6.07, 6.45) is 2.45. The number of aliphatic hydroxyl groups is 1. The lowest BCUT2D eigenvalue weighted by Gasteiger charge is -2.29. The molecule has 13 nitrogen and oxygen atoms in total. The molecule has 0 radical (unpaired) electrons. The van der Waals surface area contributed by atoms with E-state index in [4.69, 9.17) is 17.2 Å². The molecule has 5 atom stereocenters. The van der Waals surface area contributed by atoms with Crippen LogP contribution in [-0.2, 0) is 19.2 Å². The zero-order valence-corrected chi connectivity index (χ0v) is 20.4. The minimum Gasteiger partial charge on any atom is -0.480 e. The van der Waals surface area contributed by atoms with Crippen LogP contribution in [0.25, 0.3) is 0 Å². The van der Waals surface area contributed by atoms with Crippen LogP contribution >= 0.6 is 11.8 Å². The number of aliphatic imine (C=N–C) groups is 1. The number of carbonyl (C=O) groups is 4. The van der Waals surface area contributed by atoms with Crippen LogP contribution in [0.15, 0.2) is 4.99 Å². The highest BCUT2D eigenvalue weighted by Gasteiger charge is 2.38. The number of nitrogens with two attached hydrogens (primary N) is 3. The van der Waals surface area contributed by atoms with Gasteiger partial charge >= 0.3 is 5.97 Å². The van der Waals surface area contributed by atoms with E-state index < -0.39 is 54.0 Å². The molecule has 0 aromatic heterocycles. The van der Waals surface area contributed by atoms with Crippen molar-refractivity contribution >= 4 is 41.4 Å². The summed E-state index contributed by atoms with van der Waals surface area (Å²) in [5, 5.41) is 24.2. The third-order valence-corrected chi connectivity index (χ3v) is 6.09. The first-order valence-electron chi connectivity index (χ1n) is 11.1. The van der Waals surface area contributed by atoms with Crippen LogP contribution in [0, 0.1) is 0 Å². The van der Waals surface area contributed by atoms with Gasteiger partial charge in [-0.05, 0) is 51.0 Å². The van der Waals surface area contributed by atoms with Crippen molar-refractivity contribution in [3.8, 4) is 0 Å². The molecule has 0 saturated carbocycles. The van der Waals surface area contributed by atoms with Gasteiger partial charge in [-0.15, -0.1) is 0 Å². The Bertz CT molecular complexity index is 747. The van der Waals surface area contributed by atoms with Gasteiger partial charge in [-0.25, -0.2) is 4.79 Å². The number of carboxylic acid groups (broad SMARTS) is 1. The van der Waals surface area contributed by atoms with Gasteiger partial charge in [0, 0.05) is 13.1 Å². The number of aliphatic hydroxyl groups excluding tert-OH is 1. The van der Waals surface area contributed by atoms with Crippen molar-refractivity contribution in [3.05, 3.63) is 0 Å². The Labute approximate surface area is 203 Å². The van der Waals surface area contributed by atoms with Crippen molar-refractivity contribution in [1.82, 2.24) is 15.5 Å². The third kappa shape index (κ3) is 9.35. The number of thioether (sulfide) groups is 1. The first-order valence-corrected chi connectivity index (χ1v) is 12.5. The van der Waals surface area contributed by atoms with Crippen LogP contribution < -0.4 is 27.8 Å². The number of aliphatic carboxylic acids is 1. The summed E-state index contributed by atoms with van der Waals surface area (Å²) in [4.78, 5) is 55.1. The largest absolute Gasteiger partial charge is 0.480 e. The molecule has 1 saturated heterocycles. The van der Waals surface area contributed by atoms with E-state index in [9.17, 15) is 29.4 Å². The molecule has 1 heterocycles. The molecule has 34 heavy (non-hydrogen) atoms. The Morgan fingerprint density at radius 2 is 1.85 bits per heavy atom. The summed E-state index contributed by atoms with van der Waals surface area (Å²) in [5.41, 5.74) is 16.2. The second-order valence-corrected chi connectivity index (χ2v) is 9.13. The monoisotopic (exact) mass is 503 g/mol. The average molecular weight is 504 g/mol. The van der Waals surface area contributed by atoms with Crippen LogP contribution in [0.5, 0.6) is 0 Å². The van der Waals surface area contributed by atoms with Gasteiger partial charge < -0.3 is 42.9 Å². The van der Waals surface area contributed by atoms with Crippen molar-refractivity contribution in [2.75, 3.05) is 25.1 Å². The number of nitrogens with one attached hydrogen (secondary N) is 2. The van der Waals surface area contributed by atoms with Gasteiger partial charge in [-0.3, -0.25) is 19.4 Å². The minimum absolute atomic E-state index is 0.100. The molecule has 0 bridgehead atoms. The fraction of sp³-hybridized carbons (Fsp3) is 0.750. The SMILES string of the molecule is CSCCC(NC(=O)C1CCCN1C(=O)C(N)C(C)O)C(=O)NC(CCCN=C(N)N)C(=O)O. The topological polar surface area (TPSA) is 226 Å². The molecule has 1 fully saturated rings. The molecule has 0 aromatic rings. The maximum Gasteiger partial charge on any atom is 0.326 e. The van der Waals surface area contributed by atoms with Crippen molar-refractivity contribution in [1.29, 1.82) is 0 Å². The van der Waals surface area contributed by atoms with Crippen LogP contribution in [0.4, 0.5) is 0 Å². The number of carbonyl (C=O) groups excluding carboxylic acids is 3. The summed E-state index contributed by atoms with van der Waals surface area (Å²) in [6, 6.07) is -4.14. The van der Waals surface area contributed by atoms with E-state index in [0.29, 0.717) is 31.6 Å². The number of carboxylic acids is 1. The molecule has 194 valence electrons. The number of rotatable bonds is 14. The van der Waals surface area contributed by atoms with Gasteiger partial charge in [-0.2, -0.15) is 11.8 Å². The predicted molar refractivity (Wildman–Crippen MR) is 129 cm³/mol. The van der Waals surface area contributed by atoms with E-state index in [2.05, 4.69) is 15.6 Å². The van der Waals surface area contributed by atoms with Crippen LogP contribution in [0.1, 0.15) is 39.0 Å². The van der Waals surface area contributed by atoms with Crippen molar-refractivity contribution in [2.24, 2.45) is 22.2 Å². The number of hydrogen-bond acceptors (Lipinski definition) is 8. The summed E-state index contributed by atoms with van der Waals surface area (Å²) in [5.74, 6) is -2.47. The molecular weight excluding hydrogens is 466 g/mol. The predicted octanol–water partition coefficient (Wildman–Crippen LogP) is -2.45. The molecule has 5 unspecified atom stereocenters. The Kier molecular flexibility index (Phi) is 12.7. The summed E-state index contributed by atoms with van der Waals surface area (Å²) in [7, 11) is 0. The van der Waals surface area contributed by atoms with Gasteiger partial charge in [0.15, 0.2) is 5.96 Å². The summed E-state index contributed by atoms with van der Waals surface area (Å²) >= 11 is 1.47. The maximum atomic E-state index is 13.0. The standard InChI is InChI=1S/C20H37N7O6S/c1-11(28)15(21)18(31)27-9-4-6-14(27)17(30)25-12(7-10-34-2)16(29)26-13(19(32)33)5-3-8-24-20(22)23/h11-15,28H,3-10,21H2,1-2H3,(H,25,30)(H,26,29)(H,32,33)(H4,22,23,24). The maximum absolute atomic E-state index is 13.0. The van der Waals surface area contributed by atoms with E-state index >= 15 is 0 Å². The van der Waals surface area contributed by atoms with Gasteiger partial charge in [0.05, 0.1) is 6.10 Å². The van der Waals surface area contributed by atoms with E-state index in [1.165, 1.54) is 23.6 Å². The molecule has 0 aromatic carbocycles. The highest BCUT2D eigenvalue weighted by molar-refractivity contribution is 7.98. The van der Waals surface area contributed by atoms with Gasteiger partial charge in [0.25, 0.3) is 0 Å². The summed E-state index contributed by atoms with van der Waals surface area (Å²) in [6.45, 7) is 1.93. The Morgan fingerprint density at radius 1 is 1.18 bits per heavy atom. The van der Waals surface area contributed by atoms with Gasteiger partial charge in [0.1, 0.15) is 24.2 Å². The molecular formula is C20H37N7O6S. The molecule has 1 aliphatic heterocycles. The van der Waals surface area contributed by atoms with Gasteiger partial charge in [-0.1, -0.05) is 0 Å². The molecule has 1 rings (SSSR count). The number of guanidine groups is 1. The lowest BCUT2D eigenvalue weighted by atomic mass is 10.1. The first-order chi connectivity index (χ1) is 16.0. The normalized spacial score (nSPS) is 18.9. The highest BCUT2D eigenvalue weighted by Crippen LogP contribution is 2.19. The van der Waals surface area contributed by atoms with Crippen LogP contribution in [0.3, 0.4) is 0 Å². The molecule has 10 N–H and O–H groups in total. The van der Waals surface area contributed by atoms with E-state index in [1.54, 1.807) is 0 Å². The van der Waals surface area contributed by atoms with E-state index in [0.717, 1.165) is 0 Å². The molecule has 0 spiro atoms. The average Bonchev–Trinajstić information content (AvgIpc) is 3.26. The number of likely N-dealkylation sites (tertiary alicyclic amines) is 1. The lowest BCUT2D eigenvalue weighted by molar-refractivity contribution is -0.143. The summed E-state index contributed by atoms with van der Waals surface area (Å²) < 4.78 is 0. The van der Waals surface area contributed by atoms with Gasteiger partial charge in [0.2, 0.25) is 17.7 Å². The van der Waals surface area contributed by atoms with Crippen molar-refractivity contribution in [3.63, 3.8) is 0 Å². The second kappa shape index (κ2) is 14.6.